The molecule has 0 aromatic heterocycles. The predicted molar refractivity (Wildman–Crippen MR) is 99.8 cm³/mol. The van der Waals surface area contributed by atoms with Crippen LogP contribution in [0.15, 0.2) is 46.9 Å². The molecule has 1 aliphatic rings. The summed E-state index contributed by atoms with van der Waals surface area (Å²) in [6.07, 6.45) is 2.50. The molecule has 1 amide bonds. The van der Waals surface area contributed by atoms with Gasteiger partial charge in [0.15, 0.2) is 0 Å². The Morgan fingerprint density at radius 1 is 1.13 bits per heavy atom. The molecule has 0 spiro atoms. The zero-order valence-corrected chi connectivity index (χ0v) is 15.3. The normalized spacial score (nSPS) is 14.1. The molecule has 120 valence electrons. The smallest absolute Gasteiger partial charge is 0.259 e. The minimum Gasteiger partial charge on any atom is -0.372 e. The van der Waals surface area contributed by atoms with Gasteiger partial charge in [-0.05, 0) is 55.3 Å². The van der Waals surface area contributed by atoms with Crippen molar-refractivity contribution in [3.63, 3.8) is 0 Å². The molecule has 5 heteroatoms. The van der Waals surface area contributed by atoms with Crippen molar-refractivity contribution in [2.75, 3.05) is 29.9 Å². The molecule has 0 radical (unpaired) electrons. The topological polar surface area (TPSA) is 23.6 Å². The monoisotopic (exact) mass is 392 g/mol. The Labute approximate surface area is 150 Å². The number of halogens is 2. The van der Waals surface area contributed by atoms with Crippen molar-refractivity contribution in [1.82, 2.24) is 0 Å². The van der Waals surface area contributed by atoms with Crippen LogP contribution >= 0.6 is 27.5 Å². The van der Waals surface area contributed by atoms with Crippen molar-refractivity contribution in [2.45, 2.75) is 12.8 Å². The molecule has 1 saturated heterocycles. The first-order chi connectivity index (χ1) is 11.1. The van der Waals surface area contributed by atoms with Crippen molar-refractivity contribution in [1.29, 1.82) is 0 Å². The second kappa shape index (κ2) is 6.93. The van der Waals surface area contributed by atoms with E-state index in [4.69, 9.17) is 11.6 Å². The minimum atomic E-state index is -0.120. The molecule has 2 aromatic carbocycles. The standard InChI is InChI=1S/C18H18BrClN2O/c1-21(18(23)16-12-13(19)4-9-17(16)20)14-5-7-15(8-6-14)22-10-2-3-11-22/h4-9,12H,2-3,10-11H2,1H3. The Bertz CT molecular complexity index is 711. The van der Waals surface area contributed by atoms with Crippen LogP contribution in [0.4, 0.5) is 11.4 Å². The zero-order valence-electron chi connectivity index (χ0n) is 12.9. The van der Waals surface area contributed by atoms with E-state index >= 15 is 0 Å². The van der Waals surface area contributed by atoms with Gasteiger partial charge in [-0.2, -0.15) is 0 Å². The van der Waals surface area contributed by atoms with Gasteiger partial charge in [-0.3, -0.25) is 4.79 Å². The largest absolute Gasteiger partial charge is 0.372 e. The second-order valence-corrected chi connectivity index (χ2v) is 7.02. The van der Waals surface area contributed by atoms with E-state index in [1.54, 1.807) is 24.1 Å². The third-order valence-electron chi connectivity index (χ3n) is 4.17. The summed E-state index contributed by atoms with van der Waals surface area (Å²) in [6.45, 7) is 2.23. The third kappa shape index (κ3) is 3.54. The maximum Gasteiger partial charge on any atom is 0.259 e. The highest BCUT2D eigenvalue weighted by molar-refractivity contribution is 9.10. The van der Waals surface area contributed by atoms with Crippen molar-refractivity contribution in [3.05, 3.63) is 57.5 Å². The van der Waals surface area contributed by atoms with Gasteiger partial charge in [0.1, 0.15) is 0 Å². The average Bonchev–Trinajstić information content (AvgIpc) is 3.10. The first-order valence-electron chi connectivity index (χ1n) is 7.64. The fraction of sp³-hybridized carbons (Fsp3) is 0.278. The molecule has 1 aliphatic heterocycles. The lowest BCUT2D eigenvalue weighted by Crippen LogP contribution is -2.26. The fourth-order valence-corrected chi connectivity index (χ4v) is 3.38. The first-order valence-corrected chi connectivity index (χ1v) is 8.81. The number of hydrogen-bond donors (Lipinski definition) is 0. The molecule has 0 N–H and O–H groups in total. The summed E-state index contributed by atoms with van der Waals surface area (Å²) >= 11 is 9.54. The Kier molecular flexibility index (Phi) is 4.93. The molecule has 23 heavy (non-hydrogen) atoms. The van der Waals surface area contributed by atoms with Crippen molar-refractivity contribution < 1.29 is 4.79 Å². The molecule has 0 atom stereocenters. The molecular weight excluding hydrogens is 376 g/mol. The lowest BCUT2D eigenvalue weighted by Gasteiger charge is -2.21. The molecule has 3 rings (SSSR count). The van der Waals surface area contributed by atoms with E-state index in [0.29, 0.717) is 10.6 Å². The van der Waals surface area contributed by atoms with E-state index < -0.39 is 0 Å². The number of rotatable bonds is 3. The van der Waals surface area contributed by atoms with Crippen LogP contribution in [0.25, 0.3) is 0 Å². The van der Waals surface area contributed by atoms with Crippen LogP contribution in [0.1, 0.15) is 23.2 Å². The van der Waals surface area contributed by atoms with Gasteiger partial charge in [0.2, 0.25) is 0 Å². The Hall–Kier alpha value is -1.52. The zero-order chi connectivity index (χ0) is 16.4. The van der Waals surface area contributed by atoms with Crippen molar-refractivity contribution in [3.8, 4) is 0 Å². The quantitative estimate of drug-likeness (QED) is 0.734. The molecule has 0 aliphatic carbocycles. The molecule has 1 fully saturated rings. The number of hydrogen-bond acceptors (Lipinski definition) is 2. The number of benzene rings is 2. The maximum absolute atomic E-state index is 12.7. The Morgan fingerprint density at radius 2 is 1.78 bits per heavy atom. The van der Waals surface area contributed by atoms with E-state index in [-0.39, 0.29) is 5.91 Å². The molecular formula is C18H18BrClN2O. The van der Waals surface area contributed by atoms with Crippen LogP contribution in [0.3, 0.4) is 0 Å². The van der Waals surface area contributed by atoms with E-state index in [2.05, 4.69) is 33.0 Å². The number of nitrogens with zero attached hydrogens (tertiary/aromatic N) is 2. The van der Waals surface area contributed by atoms with Gasteiger partial charge in [-0.15, -0.1) is 0 Å². The molecule has 2 aromatic rings. The van der Waals surface area contributed by atoms with Crippen LogP contribution in [0, 0.1) is 0 Å². The lowest BCUT2D eigenvalue weighted by molar-refractivity contribution is 0.0993. The molecule has 0 bridgehead atoms. The summed E-state index contributed by atoms with van der Waals surface area (Å²) in [5.41, 5.74) is 2.56. The fourth-order valence-electron chi connectivity index (χ4n) is 2.82. The molecule has 0 unspecified atom stereocenters. The summed E-state index contributed by atoms with van der Waals surface area (Å²) in [5, 5.41) is 0.457. The highest BCUT2D eigenvalue weighted by Crippen LogP contribution is 2.26. The average molecular weight is 394 g/mol. The van der Waals surface area contributed by atoms with Gasteiger partial charge < -0.3 is 9.80 Å². The van der Waals surface area contributed by atoms with E-state index in [1.165, 1.54) is 18.5 Å². The van der Waals surface area contributed by atoms with Crippen LogP contribution in [0.2, 0.25) is 5.02 Å². The predicted octanol–water partition coefficient (Wildman–Crippen LogP) is 4.98. The summed E-state index contributed by atoms with van der Waals surface area (Å²) in [7, 11) is 1.77. The number of carbonyl (C=O) groups excluding carboxylic acids is 1. The summed E-state index contributed by atoms with van der Waals surface area (Å²) in [6, 6.07) is 13.4. The number of anilines is 2. The summed E-state index contributed by atoms with van der Waals surface area (Å²) in [5.74, 6) is -0.120. The van der Waals surface area contributed by atoms with Gasteiger partial charge in [0, 0.05) is 36.0 Å². The van der Waals surface area contributed by atoms with Crippen molar-refractivity contribution >= 4 is 44.8 Å². The van der Waals surface area contributed by atoms with Gasteiger partial charge in [-0.1, -0.05) is 27.5 Å². The van der Waals surface area contributed by atoms with Gasteiger partial charge >= 0.3 is 0 Å². The number of amides is 1. The van der Waals surface area contributed by atoms with Crippen LogP contribution in [-0.4, -0.2) is 26.0 Å². The highest BCUT2D eigenvalue weighted by atomic mass is 79.9. The van der Waals surface area contributed by atoms with Crippen LogP contribution in [-0.2, 0) is 0 Å². The summed E-state index contributed by atoms with van der Waals surface area (Å²) in [4.78, 5) is 16.7. The van der Waals surface area contributed by atoms with Crippen LogP contribution in [0.5, 0.6) is 0 Å². The van der Waals surface area contributed by atoms with Gasteiger partial charge in [0.05, 0.1) is 10.6 Å². The van der Waals surface area contributed by atoms with Gasteiger partial charge in [-0.25, -0.2) is 0 Å². The molecule has 0 saturated carbocycles. The molecule has 3 nitrogen and oxygen atoms in total. The summed E-state index contributed by atoms with van der Waals surface area (Å²) < 4.78 is 0.836. The van der Waals surface area contributed by atoms with E-state index in [0.717, 1.165) is 23.2 Å². The maximum atomic E-state index is 12.7. The van der Waals surface area contributed by atoms with Gasteiger partial charge in [0.25, 0.3) is 5.91 Å². The van der Waals surface area contributed by atoms with E-state index in [9.17, 15) is 4.79 Å². The second-order valence-electron chi connectivity index (χ2n) is 5.70. The first kappa shape index (κ1) is 16.3. The minimum absolute atomic E-state index is 0.120. The SMILES string of the molecule is CN(C(=O)c1cc(Br)ccc1Cl)c1ccc(N2CCCC2)cc1. The van der Waals surface area contributed by atoms with Crippen LogP contribution < -0.4 is 9.80 Å². The lowest BCUT2D eigenvalue weighted by atomic mass is 10.2. The third-order valence-corrected chi connectivity index (χ3v) is 4.99. The molecule has 1 heterocycles. The Balaban J connectivity index is 1.80. The Morgan fingerprint density at radius 3 is 2.43 bits per heavy atom. The van der Waals surface area contributed by atoms with Crippen molar-refractivity contribution in [2.24, 2.45) is 0 Å². The highest BCUT2D eigenvalue weighted by Gasteiger charge is 2.18. The van der Waals surface area contributed by atoms with E-state index in [1.807, 2.05) is 18.2 Å². The number of carbonyl (C=O) groups is 1.